The number of rotatable bonds is 7. The van der Waals surface area contributed by atoms with Gasteiger partial charge in [-0.15, -0.1) is 0 Å². The van der Waals surface area contributed by atoms with E-state index in [2.05, 4.69) is 5.32 Å². The number of anilines is 1. The van der Waals surface area contributed by atoms with Crippen molar-refractivity contribution in [3.63, 3.8) is 0 Å². The average molecular weight is 462 g/mol. The van der Waals surface area contributed by atoms with E-state index in [9.17, 15) is 22.8 Å². The quantitative estimate of drug-likeness (QED) is 0.413. The molecule has 0 fully saturated rings. The molecule has 166 valence electrons. The van der Waals surface area contributed by atoms with Crippen LogP contribution in [0.4, 0.5) is 18.9 Å². The molecule has 0 spiro atoms. The molecule has 0 radical (unpaired) electrons. The second kappa shape index (κ2) is 10.3. The summed E-state index contributed by atoms with van der Waals surface area (Å²) >= 11 is 5.88. The highest BCUT2D eigenvalue weighted by Gasteiger charge is 2.31. The second-order valence-corrected chi connectivity index (χ2v) is 7.34. The van der Waals surface area contributed by atoms with Gasteiger partial charge in [-0.2, -0.15) is 13.2 Å². The number of amides is 1. The number of hydrogen-bond acceptors (Lipinski definition) is 3. The molecule has 0 saturated heterocycles. The molecule has 0 aliphatic heterocycles. The summed E-state index contributed by atoms with van der Waals surface area (Å²) in [5, 5.41) is 2.28. The predicted molar refractivity (Wildman–Crippen MR) is 115 cm³/mol. The van der Waals surface area contributed by atoms with E-state index in [1.165, 1.54) is 0 Å². The van der Waals surface area contributed by atoms with Crippen molar-refractivity contribution in [2.24, 2.45) is 0 Å². The molecule has 3 aromatic carbocycles. The maximum atomic E-state index is 12.9. The van der Waals surface area contributed by atoms with Gasteiger partial charge in [-0.3, -0.25) is 9.59 Å². The van der Waals surface area contributed by atoms with Crippen LogP contribution < -0.4 is 5.32 Å². The van der Waals surface area contributed by atoms with Crippen LogP contribution >= 0.6 is 11.6 Å². The molecule has 0 aliphatic carbocycles. The van der Waals surface area contributed by atoms with Gasteiger partial charge in [0.1, 0.15) is 0 Å². The number of carbonyl (C=O) groups excluding carboxylic acids is 2. The van der Waals surface area contributed by atoms with Crippen LogP contribution in [0.1, 0.15) is 35.6 Å². The average Bonchev–Trinajstić information content (AvgIpc) is 2.78. The third-order valence-corrected chi connectivity index (χ3v) is 4.91. The first-order chi connectivity index (χ1) is 15.2. The molecule has 8 heteroatoms. The Hall–Kier alpha value is -3.32. The van der Waals surface area contributed by atoms with Gasteiger partial charge in [0.05, 0.1) is 22.7 Å². The molecule has 0 atom stereocenters. The van der Waals surface area contributed by atoms with Crippen molar-refractivity contribution in [2.75, 3.05) is 5.32 Å². The molecule has 1 N–H and O–H groups in total. The number of benzene rings is 3. The molecule has 0 heterocycles. The molecule has 0 unspecified atom stereocenters. The Morgan fingerprint density at radius 3 is 1.97 bits per heavy atom. The fourth-order valence-electron chi connectivity index (χ4n) is 3.00. The first-order valence-electron chi connectivity index (χ1n) is 9.70. The highest BCUT2D eigenvalue weighted by molar-refractivity contribution is 6.33. The summed E-state index contributed by atoms with van der Waals surface area (Å²) in [6.45, 7) is 0. The van der Waals surface area contributed by atoms with E-state index in [-0.39, 0.29) is 23.6 Å². The fraction of sp³-hybridized carbons (Fsp3) is 0.167. The summed E-state index contributed by atoms with van der Waals surface area (Å²) in [6, 6.07) is 20.9. The minimum absolute atomic E-state index is 0.0397. The van der Waals surface area contributed by atoms with E-state index < -0.39 is 29.7 Å². The first kappa shape index (κ1) is 23.3. The zero-order valence-corrected chi connectivity index (χ0v) is 17.5. The SMILES string of the molecule is O=C(CCC(=O)OC(c1ccccc1)c1ccccc1)Nc1cc(C(F)(F)F)ccc1Cl. The van der Waals surface area contributed by atoms with Gasteiger partial charge in [-0.25, -0.2) is 0 Å². The molecular weight excluding hydrogens is 443 g/mol. The van der Waals surface area contributed by atoms with Gasteiger partial charge in [-0.1, -0.05) is 72.3 Å². The van der Waals surface area contributed by atoms with Gasteiger partial charge in [-0.05, 0) is 29.3 Å². The second-order valence-electron chi connectivity index (χ2n) is 6.93. The standard InChI is InChI=1S/C24H19ClF3NO3/c25-19-12-11-18(24(26,27)28)15-20(19)29-21(30)13-14-22(31)32-23(16-7-3-1-4-8-16)17-9-5-2-6-10-17/h1-12,15,23H,13-14H2,(H,29,30). The Morgan fingerprint density at radius 2 is 1.44 bits per heavy atom. The predicted octanol–water partition coefficient (Wildman–Crippen LogP) is 6.41. The first-order valence-corrected chi connectivity index (χ1v) is 10.1. The summed E-state index contributed by atoms with van der Waals surface area (Å²) in [5.74, 6) is -1.27. The molecule has 0 bridgehead atoms. The van der Waals surface area contributed by atoms with Crippen LogP contribution in [0.25, 0.3) is 0 Å². The topological polar surface area (TPSA) is 55.4 Å². The van der Waals surface area contributed by atoms with Crippen molar-refractivity contribution < 1.29 is 27.5 Å². The molecular formula is C24H19ClF3NO3. The molecule has 4 nitrogen and oxygen atoms in total. The summed E-state index contributed by atoms with van der Waals surface area (Å²) in [4.78, 5) is 24.6. The Morgan fingerprint density at radius 1 is 0.875 bits per heavy atom. The van der Waals surface area contributed by atoms with E-state index >= 15 is 0 Å². The Balaban J connectivity index is 1.63. The fourth-order valence-corrected chi connectivity index (χ4v) is 3.17. The third kappa shape index (κ3) is 6.34. The molecule has 0 saturated carbocycles. The van der Waals surface area contributed by atoms with Crippen LogP contribution in [0.5, 0.6) is 0 Å². The van der Waals surface area contributed by atoms with Gasteiger partial charge >= 0.3 is 12.1 Å². The third-order valence-electron chi connectivity index (χ3n) is 4.58. The van der Waals surface area contributed by atoms with Crippen molar-refractivity contribution in [3.8, 4) is 0 Å². The summed E-state index contributed by atoms with van der Waals surface area (Å²) < 4.78 is 44.2. The van der Waals surface area contributed by atoms with E-state index in [1.54, 1.807) is 0 Å². The number of esters is 1. The zero-order chi connectivity index (χ0) is 23.1. The number of halogens is 4. The molecule has 3 aromatic rings. The molecule has 1 amide bonds. The Kier molecular flexibility index (Phi) is 7.53. The van der Waals surface area contributed by atoms with E-state index in [1.807, 2.05) is 60.7 Å². The van der Waals surface area contributed by atoms with Gasteiger partial charge in [0.2, 0.25) is 5.91 Å². The highest BCUT2D eigenvalue weighted by Crippen LogP contribution is 2.34. The largest absolute Gasteiger partial charge is 0.453 e. The Labute approximate surface area is 188 Å². The number of nitrogens with one attached hydrogen (secondary N) is 1. The lowest BCUT2D eigenvalue weighted by Gasteiger charge is -2.19. The van der Waals surface area contributed by atoms with Gasteiger partial charge < -0.3 is 10.1 Å². The van der Waals surface area contributed by atoms with Crippen LogP contribution in [0.15, 0.2) is 78.9 Å². The van der Waals surface area contributed by atoms with Crippen LogP contribution in [0.2, 0.25) is 5.02 Å². The van der Waals surface area contributed by atoms with Crippen LogP contribution in [-0.2, 0) is 20.5 Å². The van der Waals surface area contributed by atoms with Gasteiger partial charge in [0.15, 0.2) is 6.10 Å². The van der Waals surface area contributed by atoms with Crippen molar-refractivity contribution in [3.05, 3.63) is 101 Å². The lowest BCUT2D eigenvalue weighted by Crippen LogP contribution is -2.17. The lowest BCUT2D eigenvalue weighted by atomic mass is 10.0. The van der Waals surface area contributed by atoms with Crippen molar-refractivity contribution in [1.82, 2.24) is 0 Å². The summed E-state index contributed by atoms with van der Waals surface area (Å²) in [7, 11) is 0. The number of carbonyl (C=O) groups is 2. The smallest absolute Gasteiger partial charge is 0.416 e. The maximum Gasteiger partial charge on any atom is 0.416 e. The van der Waals surface area contributed by atoms with Gasteiger partial charge in [0, 0.05) is 6.42 Å². The summed E-state index contributed by atoms with van der Waals surface area (Å²) in [6.07, 6.45) is -5.75. The van der Waals surface area contributed by atoms with Crippen LogP contribution in [0, 0.1) is 0 Å². The summed E-state index contributed by atoms with van der Waals surface area (Å²) in [5.41, 5.74) is 0.427. The molecule has 32 heavy (non-hydrogen) atoms. The van der Waals surface area contributed by atoms with E-state index in [0.717, 1.165) is 29.3 Å². The van der Waals surface area contributed by atoms with E-state index in [0.29, 0.717) is 0 Å². The highest BCUT2D eigenvalue weighted by atomic mass is 35.5. The normalized spacial score (nSPS) is 11.3. The number of ether oxygens (including phenoxy) is 1. The number of alkyl halides is 3. The zero-order valence-electron chi connectivity index (χ0n) is 16.7. The Bertz CT molecular complexity index is 1030. The minimum atomic E-state index is -4.57. The van der Waals surface area contributed by atoms with E-state index in [4.69, 9.17) is 16.3 Å². The van der Waals surface area contributed by atoms with Gasteiger partial charge in [0.25, 0.3) is 0 Å². The minimum Gasteiger partial charge on any atom is -0.453 e. The molecule has 0 aromatic heterocycles. The molecule has 0 aliphatic rings. The van der Waals surface area contributed by atoms with Crippen molar-refractivity contribution in [1.29, 1.82) is 0 Å². The van der Waals surface area contributed by atoms with Crippen LogP contribution in [0.3, 0.4) is 0 Å². The lowest BCUT2D eigenvalue weighted by molar-refractivity contribution is -0.148. The van der Waals surface area contributed by atoms with Crippen molar-refractivity contribution >= 4 is 29.2 Å². The molecule has 3 rings (SSSR count). The number of hydrogen-bond donors (Lipinski definition) is 1. The maximum absolute atomic E-state index is 12.9. The van der Waals surface area contributed by atoms with Crippen LogP contribution in [-0.4, -0.2) is 11.9 Å². The monoisotopic (exact) mass is 461 g/mol. The van der Waals surface area contributed by atoms with Crippen molar-refractivity contribution in [2.45, 2.75) is 25.1 Å².